The number of aromatic nitrogens is 2. The van der Waals surface area contributed by atoms with Crippen molar-refractivity contribution in [1.29, 1.82) is 0 Å². The molecule has 4 rings (SSSR count). The van der Waals surface area contributed by atoms with Crippen LogP contribution in [0.4, 0.5) is 9.59 Å². The van der Waals surface area contributed by atoms with Gasteiger partial charge < -0.3 is 35.5 Å². The molecule has 2 aromatic heterocycles. The molecule has 1 aliphatic heterocycles. The fraction of sp³-hybridized carbons (Fsp3) is 0.429. The summed E-state index contributed by atoms with van der Waals surface area (Å²) in [7, 11) is 0. The van der Waals surface area contributed by atoms with E-state index in [9.17, 15) is 19.2 Å². The molecule has 0 radical (unpaired) electrons. The van der Waals surface area contributed by atoms with Crippen LogP contribution in [0.5, 0.6) is 0 Å². The first-order chi connectivity index (χ1) is 23.1. The first kappa shape index (κ1) is 35.8. The molecule has 5 atom stereocenters. The van der Waals surface area contributed by atoms with Crippen molar-refractivity contribution >= 4 is 24.0 Å². The molecule has 4 N–H and O–H groups in total. The SMILES string of the molecule is CC(C)[C@H](NC(=O)OCc1ccccn1)C(=O)NC[C@@H]1O[C@@H]1[C@H](Cc1ccccc1)NC(=O)[C@H](NC(=O)OCc1ccccn1)C(C)C. The lowest BCUT2D eigenvalue weighted by Gasteiger charge is -2.25. The van der Waals surface area contributed by atoms with Crippen molar-refractivity contribution in [1.82, 2.24) is 31.2 Å². The van der Waals surface area contributed by atoms with E-state index in [1.807, 2.05) is 58.0 Å². The monoisotopic (exact) mass is 660 g/mol. The van der Waals surface area contributed by atoms with Gasteiger partial charge in [0.2, 0.25) is 11.8 Å². The molecule has 1 aromatic carbocycles. The summed E-state index contributed by atoms with van der Waals surface area (Å²) in [5, 5.41) is 11.2. The van der Waals surface area contributed by atoms with Crippen molar-refractivity contribution in [2.24, 2.45) is 11.8 Å². The van der Waals surface area contributed by atoms with E-state index >= 15 is 0 Å². The van der Waals surface area contributed by atoms with E-state index in [-0.39, 0.29) is 49.5 Å². The average Bonchev–Trinajstić information content (AvgIpc) is 3.87. The van der Waals surface area contributed by atoms with Crippen LogP contribution in [0.25, 0.3) is 0 Å². The lowest BCUT2D eigenvalue weighted by atomic mass is 9.99. The Morgan fingerprint density at radius 2 is 1.23 bits per heavy atom. The zero-order valence-corrected chi connectivity index (χ0v) is 27.6. The van der Waals surface area contributed by atoms with Gasteiger partial charge in [0.05, 0.1) is 17.4 Å². The minimum Gasteiger partial charge on any atom is -0.443 e. The van der Waals surface area contributed by atoms with Crippen LogP contribution in [0.1, 0.15) is 44.6 Å². The van der Waals surface area contributed by atoms with Crippen molar-refractivity contribution < 1.29 is 33.4 Å². The second-order valence-electron chi connectivity index (χ2n) is 12.2. The van der Waals surface area contributed by atoms with E-state index in [1.54, 1.807) is 48.8 Å². The van der Waals surface area contributed by atoms with Crippen LogP contribution < -0.4 is 21.3 Å². The quantitative estimate of drug-likeness (QED) is 0.168. The van der Waals surface area contributed by atoms with Crippen LogP contribution >= 0.6 is 0 Å². The van der Waals surface area contributed by atoms with Crippen molar-refractivity contribution in [3.8, 4) is 0 Å². The van der Waals surface area contributed by atoms with E-state index < -0.39 is 36.4 Å². The number of hydrogen-bond acceptors (Lipinski definition) is 9. The van der Waals surface area contributed by atoms with Crippen LogP contribution in [0.3, 0.4) is 0 Å². The van der Waals surface area contributed by atoms with E-state index in [0.717, 1.165) is 5.56 Å². The van der Waals surface area contributed by atoms with E-state index in [1.165, 1.54) is 0 Å². The van der Waals surface area contributed by atoms with Gasteiger partial charge in [-0.05, 0) is 48.1 Å². The Morgan fingerprint density at radius 3 is 1.73 bits per heavy atom. The van der Waals surface area contributed by atoms with E-state index in [0.29, 0.717) is 17.8 Å². The highest BCUT2D eigenvalue weighted by atomic mass is 16.6. The Labute approximate surface area is 280 Å². The molecule has 0 unspecified atom stereocenters. The molecule has 3 heterocycles. The number of pyridine rings is 2. The van der Waals surface area contributed by atoms with Crippen LogP contribution in [0.2, 0.25) is 0 Å². The summed E-state index contributed by atoms with van der Waals surface area (Å²) in [6.07, 6.45) is 1.45. The number of amides is 4. The average molecular weight is 661 g/mol. The highest BCUT2D eigenvalue weighted by molar-refractivity contribution is 5.86. The molecule has 3 aromatic rings. The maximum absolute atomic E-state index is 13.5. The number of benzene rings is 1. The first-order valence-electron chi connectivity index (χ1n) is 16.0. The summed E-state index contributed by atoms with van der Waals surface area (Å²) in [5.41, 5.74) is 2.16. The number of ether oxygens (including phenoxy) is 3. The van der Waals surface area contributed by atoms with Crippen molar-refractivity contribution in [3.63, 3.8) is 0 Å². The Morgan fingerprint density at radius 1 is 0.708 bits per heavy atom. The molecule has 256 valence electrons. The van der Waals surface area contributed by atoms with Crippen LogP contribution in [-0.2, 0) is 43.4 Å². The fourth-order valence-corrected chi connectivity index (χ4v) is 5.03. The fourth-order valence-electron chi connectivity index (χ4n) is 5.03. The van der Waals surface area contributed by atoms with Gasteiger partial charge in [0.25, 0.3) is 0 Å². The van der Waals surface area contributed by atoms with Gasteiger partial charge in [-0.15, -0.1) is 0 Å². The number of nitrogens with one attached hydrogen (secondary N) is 4. The molecule has 1 fully saturated rings. The number of carbonyl (C=O) groups is 4. The maximum atomic E-state index is 13.5. The number of hydrogen-bond donors (Lipinski definition) is 4. The highest BCUT2D eigenvalue weighted by Crippen LogP contribution is 2.27. The minimum absolute atomic E-state index is 0.0231. The number of epoxide rings is 1. The first-order valence-corrected chi connectivity index (χ1v) is 16.0. The van der Waals surface area contributed by atoms with Gasteiger partial charge in [-0.3, -0.25) is 19.6 Å². The number of alkyl carbamates (subject to hydrolysis) is 2. The van der Waals surface area contributed by atoms with Gasteiger partial charge in [-0.1, -0.05) is 70.2 Å². The van der Waals surface area contributed by atoms with Gasteiger partial charge in [0.15, 0.2) is 0 Å². The van der Waals surface area contributed by atoms with Gasteiger partial charge in [-0.25, -0.2) is 9.59 Å². The number of rotatable bonds is 16. The zero-order valence-electron chi connectivity index (χ0n) is 27.6. The largest absolute Gasteiger partial charge is 0.443 e. The molecule has 0 spiro atoms. The smallest absolute Gasteiger partial charge is 0.408 e. The summed E-state index contributed by atoms with van der Waals surface area (Å²) in [6.45, 7) is 7.41. The molecule has 0 bridgehead atoms. The minimum atomic E-state index is -0.869. The summed E-state index contributed by atoms with van der Waals surface area (Å²) in [4.78, 5) is 59.9. The van der Waals surface area contributed by atoms with E-state index in [4.69, 9.17) is 14.2 Å². The molecule has 0 saturated carbocycles. The van der Waals surface area contributed by atoms with Crippen molar-refractivity contribution in [2.45, 2.75) is 77.7 Å². The van der Waals surface area contributed by atoms with Crippen LogP contribution in [0, 0.1) is 11.8 Å². The molecular formula is C35H44N6O7. The second kappa shape index (κ2) is 17.8. The second-order valence-corrected chi connectivity index (χ2v) is 12.2. The summed E-state index contributed by atoms with van der Waals surface area (Å²) >= 11 is 0. The Balaban J connectivity index is 1.32. The molecule has 13 heteroatoms. The Hall–Kier alpha value is -5.04. The molecule has 1 aliphatic rings. The third kappa shape index (κ3) is 11.3. The van der Waals surface area contributed by atoms with Crippen molar-refractivity contribution in [3.05, 3.63) is 96.1 Å². The van der Waals surface area contributed by atoms with Gasteiger partial charge in [0.1, 0.15) is 37.5 Å². The normalized spacial score (nSPS) is 17.0. The molecular weight excluding hydrogens is 616 g/mol. The third-order valence-electron chi connectivity index (χ3n) is 7.72. The van der Waals surface area contributed by atoms with Gasteiger partial charge in [0, 0.05) is 18.9 Å². The van der Waals surface area contributed by atoms with E-state index in [2.05, 4.69) is 31.2 Å². The van der Waals surface area contributed by atoms with Gasteiger partial charge >= 0.3 is 12.2 Å². The summed E-state index contributed by atoms with van der Waals surface area (Å²) < 4.78 is 16.5. The molecule has 0 aliphatic carbocycles. The standard InChI is InChI=1S/C35H44N6O7/c1-22(2)29(40-34(44)46-20-25-14-8-10-16-36-25)32(42)38-19-28-31(48-28)27(18-24-12-6-5-7-13-24)39-33(43)30(23(3)4)41-35(45)47-21-26-15-9-11-17-37-26/h5-17,22-23,27-31H,18-21H2,1-4H3,(H,38,42)(H,39,43)(H,40,44)(H,41,45)/t27-,28-,29-,30+,31+/m0/s1. The lowest BCUT2D eigenvalue weighted by Crippen LogP contribution is -2.54. The predicted molar refractivity (Wildman–Crippen MR) is 176 cm³/mol. The molecule has 48 heavy (non-hydrogen) atoms. The predicted octanol–water partition coefficient (Wildman–Crippen LogP) is 3.29. The third-order valence-corrected chi connectivity index (χ3v) is 7.72. The summed E-state index contributed by atoms with van der Waals surface area (Å²) in [5.74, 6) is -1.22. The molecule has 1 saturated heterocycles. The topological polar surface area (TPSA) is 173 Å². The molecule has 4 amide bonds. The number of nitrogens with zero attached hydrogens (tertiary/aromatic N) is 2. The lowest BCUT2D eigenvalue weighted by molar-refractivity contribution is -0.125. The van der Waals surface area contributed by atoms with Crippen LogP contribution in [0.15, 0.2) is 79.1 Å². The zero-order chi connectivity index (χ0) is 34.5. The van der Waals surface area contributed by atoms with Crippen molar-refractivity contribution in [2.75, 3.05) is 6.54 Å². The maximum Gasteiger partial charge on any atom is 0.408 e. The summed E-state index contributed by atoms with van der Waals surface area (Å²) in [6, 6.07) is 18.1. The Bertz CT molecular complexity index is 1480. The molecule has 13 nitrogen and oxygen atoms in total. The highest BCUT2D eigenvalue weighted by Gasteiger charge is 2.46. The van der Waals surface area contributed by atoms with Crippen LogP contribution in [-0.4, -0.2) is 70.8 Å². The number of carbonyl (C=O) groups excluding carboxylic acids is 4. The Kier molecular flexibility index (Phi) is 13.2. The van der Waals surface area contributed by atoms with Gasteiger partial charge in [-0.2, -0.15) is 0 Å².